The zero-order valence-corrected chi connectivity index (χ0v) is 11.9. The molecule has 5 heteroatoms. The van der Waals surface area contributed by atoms with E-state index in [-0.39, 0.29) is 0 Å². The van der Waals surface area contributed by atoms with Gasteiger partial charge in [0.2, 0.25) is 0 Å². The van der Waals surface area contributed by atoms with Crippen LogP contribution in [0.5, 0.6) is 5.75 Å². The topological polar surface area (TPSA) is 41.9 Å². The van der Waals surface area contributed by atoms with Crippen molar-refractivity contribution in [2.24, 2.45) is 0 Å². The Balaban J connectivity index is 1.94. The lowest BCUT2D eigenvalue weighted by Gasteiger charge is -2.27. The maximum Gasteiger partial charge on any atom is 0.124 e. The molecule has 1 N–H and O–H groups in total. The van der Waals surface area contributed by atoms with Gasteiger partial charge in [-0.2, -0.15) is 0 Å². The van der Waals surface area contributed by atoms with E-state index in [0.717, 1.165) is 38.4 Å². The van der Waals surface area contributed by atoms with Crippen molar-refractivity contribution in [3.05, 3.63) is 28.8 Å². The number of aliphatic hydroxyl groups is 1. The molecule has 4 nitrogen and oxygen atoms in total. The number of rotatable bonds is 5. The van der Waals surface area contributed by atoms with Crippen molar-refractivity contribution in [2.45, 2.75) is 12.5 Å². The summed E-state index contributed by atoms with van der Waals surface area (Å²) in [6.07, 6.45) is 0.105. The number of ether oxygens (including phenoxy) is 2. The highest BCUT2D eigenvalue weighted by Gasteiger charge is 2.17. The first-order chi connectivity index (χ1) is 9.20. The number of nitrogens with zero attached hydrogens (tertiary/aromatic N) is 1. The van der Waals surface area contributed by atoms with Gasteiger partial charge in [-0.25, -0.2) is 0 Å². The Labute approximate surface area is 118 Å². The Morgan fingerprint density at radius 3 is 2.84 bits per heavy atom. The number of halogens is 1. The van der Waals surface area contributed by atoms with Crippen molar-refractivity contribution in [2.75, 3.05) is 40.0 Å². The largest absolute Gasteiger partial charge is 0.496 e. The summed E-state index contributed by atoms with van der Waals surface area (Å²) < 4.78 is 10.6. The number of benzene rings is 1. The molecule has 1 aromatic carbocycles. The number of hydrogen-bond donors (Lipinski definition) is 1. The molecule has 1 aromatic rings. The molecule has 1 aliphatic rings. The van der Waals surface area contributed by atoms with Crippen molar-refractivity contribution in [3.8, 4) is 5.75 Å². The Morgan fingerprint density at radius 2 is 2.16 bits per heavy atom. The minimum Gasteiger partial charge on any atom is -0.496 e. The third kappa shape index (κ3) is 4.08. The monoisotopic (exact) mass is 285 g/mol. The van der Waals surface area contributed by atoms with Crippen LogP contribution in [0.15, 0.2) is 18.2 Å². The smallest absolute Gasteiger partial charge is 0.124 e. The summed E-state index contributed by atoms with van der Waals surface area (Å²) in [5, 5.41) is 10.9. The molecule has 1 atom stereocenters. The lowest BCUT2D eigenvalue weighted by atomic mass is 10.1. The van der Waals surface area contributed by atoms with E-state index in [4.69, 9.17) is 21.1 Å². The lowest BCUT2D eigenvalue weighted by Crippen LogP contribution is -2.37. The highest BCUT2D eigenvalue weighted by Crippen LogP contribution is 2.30. The van der Waals surface area contributed by atoms with Crippen LogP contribution in [-0.2, 0) is 4.74 Å². The highest BCUT2D eigenvalue weighted by molar-refractivity contribution is 6.30. The zero-order valence-electron chi connectivity index (χ0n) is 11.1. The van der Waals surface area contributed by atoms with Gasteiger partial charge >= 0.3 is 0 Å². The van der Waals surface area contributed by atoms with Gasteiger partial charge in [-0.15, -0.1) is 0 Å². The molecular formula is C14H20ClNO3. The van der Waals surface area contributed by atoms with Crippen LogP contribution in [-0.4, -0.2) is 50.0 Å². The van der Waals surface area contributed by atoms with Gasteiger partial charge in [0.05, 0.1) is 26.4 Å². The minimum absolute atomic E-state index is 0.559. The van der Waals surface area contributed by atoms with E-state index in [1.165, 1.54) is 0 Å². The first-order valence-corrected chi connectivity index (χ1v) is 6.90. The van der Waals surface area contributed by atoms with Gasteiger partial charge in [-0.3, -0.25) is 4.90 Å². The molecule has 0 aliphatic carbocycles. The van der Waals surface area contributed by atoms with E-state index in [1.54, 1.807) is 25.3 Å². The number of hydrogen-bond acceptors (Lipinski definition) is 4. The molecule has 0 radical (unpaired) electrons. The summed E-state index contributed by atoms with van der Waals surface area (Å²) in [5.74, 6) is 0.680. The van der Waals surface area contributed by atoms with Crippen LogP contribution in [0, 0.1) is 0 Å². The predicted molar refractivity (Wildman–Crippen MR) is 74.8 cm³/mol. The predicted octanol–water partition coefficient (Wildman–Crippen LogP) is 2.10. The van der Waals surface area contributed by atoms with Crippen LogP contribution in [0.3, 0.4) is 0 Å². The van der Waals surface area contributed by atoms with Crippen LogP contribution in [0.25, 0.3) is 0 Å². The molecule has 0 spiro atoms. The van der Waals surface area contributed by atoms with Crippen molar-refractivity contribution >= 4 is 11.6 Å². The van der Waals surface area contributed by atoms with Gasteiger partial charge in [0, 0.05) is 30.2 Å². The van der Waals surface area contributed by atoms with Gasteiger partial charge < -0.3 is 14.6 Å². The minimum atomic E-state index is -0.559. The first-order valence-electron chi connectivity index (χ1n) is 6.52. The van der Waals surface area contributed by atoms with Crippen molar-refractivity contribution in [3.63, 3.8) is 0 Å². The summed E-state index contributed by atoms with van der Waals surface area (Å²) in [6.45, 7) is 4.26. The summed E-state index contributed by atoms with van der Waals surface area (Å²) in [4.78, 5) is 2.30. The number of morpholine rings is 1. The SMILES string of the molecule is COc1ccc(Cl)cc1C(O)CCN1CCOCC1. The molecule has 0 saturated carbocycles. The second kappa shape index (κ2) is 7.10. The fourth-order valence-corrected chi connectivity index (χ4v) is 2.43. The fourth-order valence-electron chi connectivity index (χ4n) is 2.25. The van der Waals surface area contributed by atoms with Crippen LogP contribution in [0.1, 0.15) is 18.1 Å². The van der Waals surface area contributed by atoms with Gasteiger partial charge in [0.15, 0.2) is 0 Å². The Morgan fingerprint density at radius 1 is 1.42 bits per heavy atom. The maximum atomic E-state index is 10.3. The van der Waals surface area contributed by atoms with E-state index in [0.29, 0.717) is 17.2 Å². The highest BCUT2D eigenvalue weighted by atomic mass is 35.5. The van der Waals surface area contributed by atoms with Gasteiger partial charge in [-0.1, -0.05) is 11.6 Å². The third-order valence-corrected chi connectivity index (χ3v) is 3.61. The van der Waals surface area contributed by atoms with Crippen LogP contribution in [0.2, 0.25) is 5.02 Å². The van der Waals surface area contributed by atoms with E-state index in [2.05, 4.69) is 4.90 Å². The van der Waals surface area contributed by atoms with Crippen molar-refractivity contribution < 1.29 is 14.6 Å². The van der Waals surface area contributed by atoms with Crippen molar-refractivity contribution in [1.82, 2.24) is 4.90 Å². The molecule has 106 valence electrons. The lowest BCUT2D eigenvalue weighted by molar-refractivity contribution is 0.0299. The molecule has 1 fully saturated rings. The molecular weight excluding hydrogens is 266 g/mol. The summed E-state index contributed by atoms with van der Waals surface area (Å²) >= 11 is 5.97. The van der Waals surface area contributed by atoms with E-state index in [1.807, 2.05) is 0 Å². The molecule has 1 unspecified atom stereocenters. The molecule has 0 amide bonds. The van der Waals surface area contributed by atoms with Crippen LogP contribution in [0.4, 0.5) is 0 Å². The van der Waals surface area contributed by atoms with Gasteiger partial charge in [-0.05, 0) is 24.6 Å². The quantitative estimate of drug-likeness (QED) is 0.900. The average Bonchev–Trinajstić information content (AvgIpc) is 2.46. The molecule has 1 saturated heterocycles. The standard InChI is InChI=1S/C14H20ClNO3/c1-18-14-3-2-11(15)10-12(14)13(17)4-5-16-6-8-19-9-7-16/h2-3,10,13,17H,4-9H2,1H3. The molecule has 19 heavy (non-hydrogen) atoms. The third-order valence-electron chi connectivity index (χ3n) is 3.37. The second-order valence-corrected chi connectivity index (χ2v) is 5.08. The normalized spacial score (nSPS) is 18.3. The Kier molecular flexibility index (Phi) is 5.45. The van der Waals surface area contributed by atoms with Gasteiger partial charge in [0.1, 0.15) is 5.75 Å². The molecule has 1 aliphatic heterocycles. The van der Waals surface area contributed by atoms with E-state index in [9.17, 15) is 5.11 Å². The Bertz CT molecular complexity index is 408. The molecule has 0 aromatic heterocycles. The van der Waals surface area contributed by atoms with E-state index < -0.39 is 6.10 Å². The number of aliphatic hydroxyl groups excluding tert-OH is 1. The Hall–Kier alpha value is -0.810. The van der Waals surface area contributed by atoms with Crippen LogP contribution < -0.4 is 4.74 Å². The molecule has 0 bridgehead atoms. The zero-order chi connectivity index (χ0) is 13.7. The number of methoxy groups -OCH3 is 1. The van der Waals surface area contributed by atoms with E-state index >= 15 is 0 Å². The van der Waals surface area contributed by atoms with Crippen molar-refractivity contribution in [1.29, 1.82) is 0 Å². The molecule has 1 heterocycles. The summed E-state index contributed by atoms with van der Waals surface area (Å²) in [7, 11) is 1.60. The summed E-state index contributed by atoms with van der Waals surface area (Å²) in [5.41, 5.74) is 0.753. The second-order valence-electron chi connectivity index (χ2n) is 4.64. The molecule has 2 rings (SSSR count). The summed E-state index contributed by atoms with van der Waals surface area (Å²) in [6, 6.07) is 5.32. The fraction of sp³-hybridized carbons (Fsp3) is 0.571. The van der Waals surface area contributed by atoms with Gasteiger partial charge in [0.25, 0.3) is 0 Å². The first kappa shape index (κ1) is 14.6. The maximum absolute atomic E-state index is 10.3. The van der Waals surface area contributed by atoms with Crippen LogP contribution >= 0.6 is 11.6 Å². The average molecular weight is 286 g/mol.